The third kappa shape index (κ3) is 5.26. The summed E-state index contributed by atoms with van der Waals surface area (Å²) < 4.78 is 16.3. The maximum atomic E-state index is 12.9. The number of ether oxygens (including phenoxy) is 2. The van der Waals surface area contributed by atoms with Gasteiger partial charge in [0.25, 0.3) is 5.91 Å². The summed E-state index contributed by atoms with van der Waals surface area (Å²) in [6.07, 6.45) is 2.61. The number of piperidine rings is 1. The van der Waals surface area contributed by atoms with E-state index in [0.29, 0.717) is 48.9 Å². The monoisotopic (exact) mass is 505 g/mol. The zero-order valence-electron chi connectivity index (χ0n) is 21.1. The minimum absolute atomic E-state index is 0.0285. The van der Waals surface area contributed by atoms with Crippen molar-refractivity contribution in [2.24, 2.45) is 5.41 Å². The number of rotatable bonds is 5. The summed E-state index contributed by atoms with van der Waals surface area (Å²) >= 11 is 0. The molecule has 0 radical (unpaired) electrons. The number of hydrogen-bond acceptors (Lipinski definition) is 6. The molecule has 37 heavy (non-hydrogen) atoms. The summed E-state index contributed by atoms with van der Waals surface area (Å²) in [5, 5.41) is 3.78. The molecule has 194 valence electrons. The molecule has 9 heteroatoms. The van der Waals surface area contributed by atoms with Crippen molar-refractivity contribution in [1.29, 1.82) is 0 Å². The average Bonchev–Trinajstić information content (AvgIpc) is 3.31. The van der Waals surface area contributed by atoms with Crippen LogP contribution in [0.25, 0.3) is 11.0 Å². The number of amides is 3. The van der Waals surface area contributed by atoms with Gasteiger partial charge >= 0.3 is 11.7 Å². The molecule has 0 aliphatic carbocycles. The first-order valence-electron chi connectivity index (χ1n) is 12.5. The van der Waals surface area contributed by atoms with Gasteiger partial charge in [-0.25, -0.2) is 9.59 Å². The van der Waals surface area contributed by atoms with E-state index in [-0.39, 0.29) is 24.0 Å². The van der Waals surface area contributed by atoms with E-state index in [2.05, 4.69) is 5.32 Å². The van der Waals surface area contributed by atoms with Crippen LogP contribution in [-0.2, 0) is 4.79 Å². The van der Waals surface area contributed by atoms with E-state index in [1.54, 1.807) is 19.2 Å². The molecule has 1 aromatic heterocycles. The number of carbonyl (C=O) groups is 2. The molecular weight excluding hydrogens is 474 g/mol. The Labute approximate surface area is 214 Å². The molecule has 3 heterocycles. The number of benzene rings is 2. The highest BCUT2D eigenvalue weighted by molar-refractivity contribution is 5.91. The highest BCUT2D eigenvalue weighted by atomic mass is 16.5. The molecule has 2 aliphatic heterocycles. The summed E-state index contributed by atoms with van der Waals surface area (Å²) in [6.45, 7) is 4.40. The number of nitrogens with zero attached hydrogens (tertiary/aromatic N) is 2. The molecular formula is C28H31N3O6. The van der Waals surface area contributed by atoms with Crippen LogP contribution >= 0.6 is 0 Å². The minimum Gasteiger partial charge on any atom is -0.495 e. The number of anilines is 1. The number of carbonyl (C=O) groups excluding carboxylic acids is 2. The Morgan fingerprint density at radius 3 is 2.51 bits per heavy atom. The van der Waals surface area contributed by atoms with E-state index in [9.17, 15) is 14.4 Å². The number of aryl methyl sites for hydroxylation is 1. The van der Waals surface area contributed by atoms with Gasteiger partial charge in [0.05, 0.1) is 12.8 Å². The summed E-state index contributed by atoms with van der Waals surface area (Å²) in [6, 6.07) is 13.9. The molecule has 2 aliphatic rings. The largest absolute Gasteiger partial charge is 0.495 e. The van der Waals surface area contributed by atoms with Crippen LogP contribution < -0.4 is 20.4 Å². The molecule has 2 fully saturated rings. The molecule has 0 unspecified atom stereocenters. The van der Waals surface area contributed by atoms with Crippen molar-refractivity contribution in [3.05, 3.63) is 64.5 Å². The van der Waals surface area contributed by atoms with Gasteiger partial charge in [0.1, 0.15) is 17.1 Å². The number of fused-ring (bicyclic) bond motifs is 1. The normalized spacial score (nSPS) is 16.7. The predicted octanol–water partition coefficient (Wildman–Crippen LogP) is 4.04. The van der Waals surface area contributed by atoms with E-state index in [1.165, 1.54) is 6.07 Å². The lowest BCUT2D eigenvalue weighted by Gasteiger charge is -2.39. The maximum Gasteiger partial charge on any atom is 0.336 e. The number of hydrogen-bond donors (Lipinski definition) is 1. The predicted molar refractivity (Wildman–Crippen MR) is 139 cm³/mol. The topological polar surface area (TPSA) is 101 Å². The lowest BCUT2D eigenvalue weighted by Crippen LogP contribution is -2.46. The third-order valence-electron chi connectivity index (χ3n) is 7.54. The molecule has 3 amide bonds. The van der Waals surface area contributed by atoms with Crippen molar-refractivity contribution >= 4 is 28.6 Å². The Bertz CT molecular complexity index is 1380. The summed E-state index contributed by atoms with van der Waals surface area (Å²) in [5.74, 6) is 1.04. The van der Waals surface area contributed by atoms with Crippen LogP contribution in [-0.4, -0.2) is 61.6 Å². The van der Waals surface area contributed by atoms with E-state index in [1.807, 2.05) is 47.1 Å². The molecule has 1 N–H and O–H groups in total. The van der Waals surface area contributed by atoms with Crippen LogP contribution in [0.3, 0.4) is 0 Å². The molecule has 5 rings (SSSR count). The zero-order valence-corrected chi connectivity index (χ0v) is 21.1. The first kappa shape index (κ1) is 24.7. The molecule has 0 saturated carbocycles. The standard InChI is InChI=1S/C28H31N3O6/c1-19-15-26(33)37-24-16-20(7-8-21(19)24)36-17-25(32)31-14-11-28(18-31)9-12-30(13-10-28)27(34)29-22-5-3-4-6-23(22)35-2/h3-8,15-16H,9-14,17-18H2,1-2H3,(H,29,34). The van der Waals surface area contributed by atoms with Gasteiger partial charge in [0.15, 0.2) is 6.61 Å². The Kier molecular flexibility index (Phi) is 6.78. The number of nitrogens with one attached hydrogen (secondary N) is 1. The van der Waals surface area contributed by atoms with Crippen LogP contribution in [0.15, 0.2) is 57.7 Å². The van der Waals surface area contributed by atoms with E-state index in [0.717, 1.165) is 30.2 Å². The van der Waals surface area contributed by atoms with Crippen molar-refractivity contribution in [2.45, 2.75) is 26.2 Å². The second-order valence-corrected chi connectivity index (χ2v) is 9.88. The fourth-order valence-corrected chi connectivity index (χ4v) is 5.31. The fraction of sp³-hybridized carbons (Fsp3) is 0.393. The van der Waals surface area contributed by atoms with E-state index < -0.39 is 5.63 Å². The van der Waals surface area contributed by atoms with Crippen molar-refractivity contribution < 1.29 is 23.5 Å². The number of para-hydroxylation sites is 2. The number of methoxy groups -OCH3 is 1. The van der Waals surface area contributed by atoms with Gasteiger partial charge in [-0.2, -0.15) is 0 Å². The summed E-state index contributed by atoms with van der Waals surface area (Å²) in [4.78, 5) is 41.1. The molecule has 0 bridgehead atoms. The zero-order chi connectivity index (χ0) is 26.0. The van der Waals surface area contributed by atoms with Crippen LogP contribution in [0.4, 0.5) is 10.5 Å². The second-order valence-electron chi connectivity index (χ2n) is 9.88. The van der Waals surface area contributed by atoms with Crippen LogP contribution in [0.1, 0.15) is 24.8 Å². The minimum atomic E-state index is -0.413. The lowest BCUT2D eigenvalue weighted by atomic mass is 9.78. The Balaban J connectivity index is 1.13. The van der Waals surface area contributed by atoms with Gasteiger partial charge in [0, 0.05) is 43.7 Å². The van der Waals surface area contributed by atoms with Crippen molar-refractivity contribution in [1.82, 2.24) is 9.80 Å². The average molecular weight is 506 g/mol. The number of urea groups is 1. The quantitative estimate of drug-likeness (QED) is 0.526. The number of likely N-dealkylation sites (tertiary alicyclic amines) is 2. The first-order chi connectivity index (χ1) is 17.9. The SMILES string of the molecule is COc1ccccc1NC(=O)N1CCC2(CCN(C(=O)COc3ccc4c(C)cc(=O)oc4c3)C2)CC1. The van der Waals surface area contributed by atoms with Crippen molar-refractivity contribution in [3.63, 3.8) is 0 Å². The molecule has 2 saturated heterocycles. The van der Waals surface area contributed by atoms with Crippen LogP contribution in [0.2, 0.25) is 0 Å². The second kappa shape index (κ2) is 10.2. The fourth-order valence-electron chi connectivity index (χ4n) is 5.31. The van der Waals surface area contributed by atoms with E-state index in [4.69, 9.17) is 13.9 Å². The highest BCUT2D eigenvalue weighted by Crippen LogP contribution is 2.40. The Hall–Kier alpha value is -4.01. The van der Waals surface area contributed by atoms with Gasteiger partial charge in [-0.3, -0.25) is 4.79 Å². The molecule has 2 aromatic carbocycles. The maximum absolute atomic E-state index is 12.9. The summed E-state index contributed by atoms with van der Waals surface area (Å²) in [5.41, 5.74) is 1.54. The lowest BCUT2D eigenvalue weighted by molar-refractivity contribution is -0.132. The van der Waals surface area contributed by atoms with Gasteiger partial charge in [0.2, 0.25) is 0 Å². The van der Waals surface area contributed by atoms with Crippen molar-refractivity contribution in [2.75, 3.05) is 45.2 Å². The molecule has 9 nitrogen and oxygen atoms in total. The Morgan fingerprint density at radius 2 is 1.76 bits per heavy atom. The molecule has 3 aromatic rings. The van der Waals surface area contributed by atoms with Crippen molar-refractivity contribution in [3.8, 4) is 11.5 Å². The van der Waals surface area contributed by atoms with E-state index >= 15 is 0 Å². The summed E-state index contributed by atoms with van der Waals surface area (Å²) in [7, 11) is 1.58. The van der Waals surface area contributed by atoms with Crippen LogP contribution in [0, 0.1) is 12.3 Å². The van der Waals surface area contributed by atoms with Gasteiger partial charge in [-0.15, -0.1) is 0 Å². The highest BCUT2D eigenvalue weighted by Gasteiger charge is 2.42. The Morgan fingerprint density at radius 1 is 1.03 bits per heavy atom. The van der Waals surface area contributed by atoms with Crippen LogP contribution in [0.5, 0.6) is 11.5 Å². The molecule has 1 spiro atoms. The molecule has 0 atom stereocenters. The van der Waals surface area contributed by atoms with Gasteiger partial charge in [-0.05, 0) is 61.4 Å². The smallest absolute Gasteiger partial charge is 0.336 e. The third-order valence-corrected chi connectivity index (χ3v) is 7.54. The van der Waals surface area contributed by atoms with Gasteiger partial charge in [-0.1, -0.05) is 12.1 Å². The first-order valence-corrected chi connectivity index (χ1v) is 12.5. The van der Waals surface area contributed by atoms with Gasteiger partial charge < -0.3 is 29.0 Å².